The van der Waals surface area contributed by atoms with Crippen LogP contribution in [-0.4, -0.2) is 22.3 Å². The van der Waals surface area contributed by atoms with Crippen LogP contribution in [0.5, 0.6) is 0 Å². The van der Waals surface area contributed by atoms with Gasteiger partial charge < -0.3 is 4.74 Å². The molecule has 0 unspecified atom stereocenters. The van der Waals surface area contributed by atoms with E-state index in [1.54, 1.807) is 25.0 Å². The number of ketones is 2. The lowest BCUT2D eigenvalue weighted by atomic mass is 9.84. The molecule has 1 aliphatic heterocycles. The fraction of sp³-hybridized carbons (Fsp3) is 0.250. The molecule has 0 aromatic heterocycles. The Morgan fingerprint density at radius 3 is 2.60 bits per heavy atom. The number of Topliss-reactive ketones (excluding diaryl/α,β-unsaturated/α-hetero) is 2. The highest BCUT2D eigenvalue weighted by molar-refractivity contribution is 6.38. The molecule has 0 bridgehead atoms. The molecule has 1 N–H and O–H groups in total. The first kappa shape index (κ1) is 14.0. The summed E-state index contributed by atoms with van der Waals surface area (Å²) < 4.78 is 5.55. The van der Waals surface area contributed by atoms with Crippen molar-refractivity contribution < 1.29 is 19.1 Å². The van der Waals surface area contributed by atoms with Crippen molar-refractivity contribution in [2.45, 2.75) is 27.2 Å². The smallest absolute Gasteiger partial charge is 0.358 e. The highest BCUT2D eigenvalue weighted by Gasteiger charge is 2.39. The number of hydrogen-bond donors (Lipinski definition) is 0. The van der Waals surface area contributed by atoms with Crippen molar-refractivity contribution in [1.82, 2.24) is 0 Å². The number of rotatable bonds is 2. The normalized spacial score (nSPS) is 17.9. The quantitative estimate of drug-likeness (QED) is 0.254. The Bertz CT molecular complexity index is 673. The van der Waals surface area contributed by atoms with Crippen molar-refractivity contribution in [3.8, 4) is 0 Å². The fourth-order valence-corrected chi connectivity index (χ4v) is 2.01. The van der Waals surface area contributed by atoms with Gasteiger partial charge in [-0.1, -0.05) is 11.6 Å². The standard InChI is InChI=1S/C16H14O4/c1-9(2)4-6-11-14(18)13(8-17)15(19)12-7-5-10(3)20-16(11)12/h4-5,7H,6H2,1-3H3/p+1. The first-order chi connectivity index (χ1) is 9.45. The van der Waals surface area contributed by atoms with Crippen LogP contribution in [0.15, 0.2) is 52.0 Å². The Balaban J connectivity index is 2.63. The minimum atomic E-state index is -0.558. The molecule has 0 radical (unpaired) electrons. The molecule has 0 fully saturated rings. The van der Waals surface area contributed by atoms with Crippen molar-refractivity contribution in [2.24, 2.45) is 0 Å². The third-order valence-corrected chi connectivity index (χ3v) is 3.07. The molecule has 1 heterocycles. The van der Waals surface area contributed by atoms with Crippen molar-refractivity contribution in [3.05, 3.63) is 52.0 Å². The van der Waals surface area contributed by atoms with E-state index in [9.17, 15) is 9.59 Å². The van der Waals surface area contributed by atoms with E-state index in [0.717, 1.165) is 5.57 Å². The van der Waals surface area contributed by atoms with Crippen molar-refractivity contribution in [3.63, 3.8) is 0 Å². The molecule has 4 nitrogen and oxygen atoms in total. The lowest BCUT2D eigenvalue weighted by Crippen LogP contribution is -2.27. The molecule has 0 aromatic carbocycles. The second-order valence-electron chi connectivity index (χ2n) is 4.90. The van der Waals surface area contributed by atoms with Gasteiger partial charge in [0.2, 0.25) is 17.1 Å². The van der Waals surface area contributed by atoms with Crippen LogP contribution in [0.4, 0.5) is 0 Å². The summed E-state index contributed by atoms with van der Waals surface area (Å²) in [5.74, 6) is 1.52. The Labute approximate surface area is 116 Å². The van der Waals surface area contributed by atoms with E-state index in [1.807, 2.05) is 19.9 Å². The van der Waals surface area contributed by atoms with E-state index in [2.05, 4.69) is 0 Å². The molecular formula is C16H15O4+. The number of carbonyl (C=O) groups excluding carboxylic acids is 3. The number of carbonyl (C=O) groups is 2. The maximum Gasteiger partial charge on any atom is 0.358 e. The average Bonchev–Trinajstić information content (AvgIpc) is 2.38. The van der Waals surface area contributed by atoms with Gasteiger partial charge in [-0.25, -0.2) is 4.79 Å². The molecule has 2 aliphatic rings. The summed E-state index contributed by atoms with van der Waals surface area (Å²) in [6, 6.07) is 0. The molecule has 0 spiro atoms. The molecular weight excluding hydrogens is 256 g/mol. The van der Waals surface area contributed by atoms with Crippen molar-refractivity contribution in [1.29, 1.82) is 0 Å². The SMILES string of the molecule is CC(C)=CCC1=C2OC(C)=CC=C2C(=O)C(=C=[OH+])C1=O. The van der Waals surface area contributed by atoms with E-state index in [1.165, 1.54) is 0 Å². The first-order valence-corrected chi connectivity index (χ1v) is 6.25. The van der Waals surface area contributed by atoms with Crippen LogP contribution in [-0.2, 0) is 14.3 Å². The molecule has 0 atom stereocenters. The van der Waals surface area contributed by atoms with E-state index >= 15 is 0 Å². The monoisotopic (exact) mass is 271 g/mol. The highest BCUT2D eigenvalue weighted by Crippen LogP contribution is 2.34. The lowest BCUT2D eigenvalue weighted by Gasteiger charge is -2.23. The number of hydrogen-bond acceptors (Lipinski definition) is 3. The van der Waals surface area contributed by atoms with Gasteiger partial charge in [-0.2, -0.15) is 0 Å². The predicted octanol–water partition coefficient (Wildman–Crippen LogP) is 2.31. The molecule has 20 heavy (non-hydrogen) atoms. The third-order valence-electron chi connectivity index (χ3n) is 3.07. The summed E-state index contributed by atoms with van der Waals surface area (Å²) in [5, 5.41) is 0. The molecule has 1 aliphatic carbocycles. The average molecular weight is 271 g/mol. The first-order valence-electron chi connectivity index (χ1n) is 6.25. The van der Waals surface area contributed by atoms with Crippen LogP contribution < -0.4 is 0 Å². The molecule has 0 aromatic rings. The Morgan fingerprint density at radius 1 is 1.30 bits per heavy atom. The number of ether oxygens (including phenoxy) is 1. The van der Waals surface area contributed by atoms with Gasteiger partial charge in [0, 0.05) is 5.57 Å². The van der Waals surface area contributed by atoms with E-state index in [0.29, 0.717) is 17.8 Å². The molecule has 0 saturated heterocycles. The minimum absolute atomic E-state index is 0.281. The zero-order valence-electron chi connectivity index (χ0n) is 11.6. The summed E-state index contributed by atoms with van der Waals surface area (Å²) >= 11 is 0. The maximum atomic E-state index is 12.2. The zero-order chi connectivity index (χ0) is 14.9. The van der Waals surface area contributed by atoms with E-state index in [4.69, 9.17) is 9.53 Å². The van der Waals surface area contributed by atoms with Gasteiger partial charge in [-0.05, 0) is 39.3 Å². The van der Waals surface area contributed by atoms with Crippen LogP contribution in [0.1, 0.15) is 27.2 Å². The topological polar surface area (TPSA) is 64.8 Å². The highest BCUT2D eigenvalue weighted by atomic mass is 16.5. The molecule has 0 saturated carbocycles. The van der Waals surface area contributed by atoms with Gasteiger partial charge in [-0.3, -0.25) is 9.59 Å². The summed E-state index contributed by atoms with van der Waals surface area (Å²) in [6.07, 6.45) is 5.47. The maximum absolute atomic E-state index is 12.2. The second kappa shape index (κ2) is 5.27. The summed E-state index contributed by atoms with van der Waals surface area (Å²) in [6.45, 7) is 5.59. The van der Waals surface area contributed by atoms with Gasteiger partial charge in [0.05, 0.1) is 5.57 Å². The van der Waals surface area contributed by atoms with Gasteiger partial charge in [0.15, 0.2) is 0 Å². The Hall–Kier alpha value is -2.45. The van der Waals surface area contributed by atoms with Crippen LogP contribution in [0.2, 0.25) is 0 Å². The Kier molecular flexibility index (Phi) is 3.68. The van der Waals surface area contributed by atoms with Crippen molar-refractivity contribution >= 4 is 17.5 Å². The van der Waals surface area contributed by atoms with Gasteiger partial charge in [0.1, 0.15) is 11.5 Å². The lowest BCUT2D eigenvalue weighted by molar-refractivity contribution is -0.118. The van der Waals surface area contributed by atoms with Crippen LogP contribution in [0, 0.1) is 0 Å². The molecule has 4 heteroatoms. The third kappa shape index (κ3) is 2.33. The summed E-state index contributed by atoms with van der Waals surface area (Å²) in [4.78, 5) is 33.4. The van der Waals surface area contributed by atoms with E-state index in [-0.39, 0.29) is 16.9 Å². The second-order valence-corrected chi connectivity index (χ2v) is 4.90. The van der Waals surface area contributed by atoms with Crippen LogP contribution >= 0.6 is 0 Å². The minimum Gasteiger partial charge on any atom is -0.461 e. The molecule has 2 rings (SSSR count). The Morgan fingerprint density at radius 2 is 2.00 bits per heavy atom. The number of fused-ring (bicyclic) bond motifs is 1. The summed E-state index contributed by atoms with van der Waals surface area (Å²) in [7, 11) is 0. The zero-order valence-corrected chi connectivity index (χ0v) is 11.6. The van der Waals surface area contributed by atoms with E-state index < -0.39 is 11.6 Å². The van der Waals surface area contributed by atoms with Gasteiger partial charge in [-0.15, -0.1) is 0 Å². The van der Waals surface area contributed by atoms with Crippen LogP contribution in [0.3, 0.4) is 0 Å². The number of allylic oxidation sites excluding steroid dienone is 8. The fourth-order valence-electron chi connectivity index (χ4n) is 2.01. The predicted molar refractivity (Wildman–Crippen MR) is 74.5 cm³/mol. The van der Waals surface area contributed by atoms with Gasteiger partial charge >= 0.3 is 5.94 Å². The van der Waals surface area contributed by atoms with Gasteiger partial charge in [0.25, 0.3) is 0 Å². The van der Waals surface area contributed by atoms with Crippen LogP contribution in [0.25, 0.3) is 0 Å². The molecule has 102 valence electrons. The van der Waals surface area contributed by atoms with Crippen molar-refractivity contribution in [2.75, 3.05) is 0 Å². The summed E-state index contributed by atoms with van der Waals surface area (Å²) in [5.41, 5.74) is 1.36. The molecule has 0 amide bonds. The largest absolute Gasteiger partial charge is 0.461 e.